The van der Waals surface area contributed by atoms with Gasteiger partial charge in [0.15, 0.2) is 5.78 Å². The number of rotatable bonds is 5. The number of amides is 2. The Labute approximate surface area is 252 Å². The minimum atomic E-state index is -0.706. The molecule has 222 valence electrons. The van der Waals surface area contributed by atoms with Crippen molar-refractivity contribution < 1.29 is 14.4 Å². The summed E-state index contributed by atoms with van der Waals surface area (Å²) in [6.07, 6.45) is 14.3. The summed E-state index contributed by atoms with van der Waals surface area (Å²) < 4.78 is 1.55. The molecule has 2 aromatic carbocycles. The molecule has 1 aliphatic heterocycles. The highest BCUT2D eigenvalue weighted by atomic mass is 16.2. The molecule has 0 saturated heterocycles. The Hall–Kier alpha value is -4.66. The number of hydrogen-bond acceptors (Lipinski definition) is 6. The minimum Gasteiger partial charge on any atom is -0.332 e. The number of aryl methyl sites for hydroxylation is 2. The van der Waals surface area contributed by atoms with Crippen molar-refractivity contribution in [2.45, 2.75) is 71.4 Å². The molecule has 9 nitrogen and oxygen atoms in total. The van der Waals surface area contributed by atoms with E-state index in [9.17, 15) is 14.4 Å². The molecule has 3 heterocycles. The lowest BCUT2D eigenvalue weighted by Gasteiger charge is -2.27. The predicted octanol–water partition coefficient (Wildman–Crippen LogP) is 5.92. The van der Waals surface area contributed by atoms with E-state index in [0.29, 0.717) is 23.1 Å². The van der Waals surface area contributed by atoms with Crippen molar-refractivity contribution in [2.24, 2.45) is 0 Å². The van der Waals surface area contributed by atoms with Crippen molar-refractivity contribution in [1.29, 1.82) is 0 Å². The highest BCUT2D eigenvalue weighted by Crippen LogP contribution is 2.27. The van der Waals surface area contributed by atoms with Gasteiger partial charge in [0.05, 0.1) is 5.52 Å². The fourth-order valence-corrected chi connectivity index (χ4v) is 5.49. The van der Waals surface area contributed by atoms with Gasteiger partial charge in [-0.2, -0.15) is 5.10 Å². The van der Waals surface area contributed by atoms with Crippen LogP contribution in [0.5, 0.6) is 0 Å². The molecule has 1 aliphatic rings. The van der Waals surface area contributed by atoms with Crippen molar-refractivity contribution >= 4 is 34.2 Å². The molecule has 1 atom stereocenters. The number of carbonyl (C=O) groups is 3. The summed E-state index contributed by atoms with van der Waals surface area (Å²) >= 11 is 0. The monoisotopic (exact) mass is 578 g/mol. The average Bonchev–Trinajstić information content (AvgIpc) is 3.36. The number of benzene rings is 2. The van der Waals surface area contributed by atoms with Crippen molar-refractivity contribution in [3.8, 4) is 11.1 Å². The number of anilines is 1. The molecular formula is C34H38N6O3. The average molecular weight is 579 g/mol. The van der Waals surface area contributed by atoms with Crippen LogP contribution in [-0.2, 0) is 22.6 Å². The number of nitrogens with one attached hydrogen (secondary N) is 1. The molecule has 0 radical (unpaired) electrons. The van der Waals surface area contributed by atoms with Crippen LogP contribution < -0.4 is 5.32 Å². The maximum Gasteiger partial charge on any atom is 0.247 e. The molecule has 43 heavy (non-hydrogen) atoms. The molecule has 2 amide bonds. The summed E-state index contributed by atoms with van der Waals surface area (Å²) in [5.74, 6) is -0.0372. The van der Waals surface area contributed by atoms with E-state index < -0.39 is 6.04 Å². The smallest absolute Gasteiger partial charge is 0.247 e. The van der Waals surface area contributed by atoms with Gasteiger partial charge in [-0.15, -0.1) is 0 Å². The molecule has 0 fully saturated rings. The first kappa shape index (κ1) is 29.8. The molecule has 1 N–H and O–H groups in total. The fraction of sp³-hybridized carbons (Fsp3) is 0.353. The molecule has 0 unspecified atom stereocenters. The van der Waals surface area contributed by atoms with E-state index in [4.69, 9.17) is 0 Å². The third kappa shape index (κ3) is 7.05. The number of aromatic nitrogens is 4. The van der Waals surface area contributed by atoms with Crippen LogP contribution in [0.1, 0.15) is 67.3 Å². The van der Waals surface area contributed by atoms with E-state index in [1.807, 2.05) is 49.4 Å². The zero-order chi connectivity index (χ0) is 30.3. The third-order valence-corrected chi connectivity index (χ3v) is 8.01. The van der Waals surface area contributed by atoms with E-state index in [2.05, 4.69) is 32.5 Å². The number of likely N-dealkylation sites (N-methyl/N-ethyl adjacent to an activating group) is 1. The van der Waals surface area contributed by atoms with Gasteiger partial charge < -0.3 is 10.2 Å². The second-order valence-corrected chi connectivity index (χ2v) is 11.1. The molecule has 0 aliphatic carbocycles. The number of allylic oxidation sites excluding steroid dienone is 1. The zero-order valence-electron chi connectivity index (χ0n) is 25.0. The number of carbonyl (C=O) groups excluding carboxylic acids is 3. The van der Waals surface area contributed by atoms with Gasteiger partial charge in [0, 0.05) is 43.0 Å². The van der Waals surface area contributed by atoms with Crippen LogP contribution in [0.25, 0.3) is 22.0 Å². The number of fused-ring (bicyclic) bond motifs is 2. The molecule has 9 heteroatoms. The first-order valence-corrected chi connectivity index (χ1v) is 14.9. The SMILES string of the molecule is CC(=O)c1nn(CC(=O)N(C)[C@H]2C/C=C/CCCCCCc3ccccc3NC2=O)c2ccc(-c3cnc(C)nc3)cc12. The van der Waals surface area contributed by atoms with Crippen molar-refractivity contribution in [3.05, 3.63) is 84.1 Å². The minimum absolute atomic E-state index is 0.114. The molecule has 0 spiro atoms. The van der Waals surface area contributed by atoms with Gasteiger partial charge in [-0.3, -0.25) is 19.1 Å². The molecule has 5 rings (SSSR count). The van der Waals surface area contributed by atoms with Gasteiger partial charge in [-0.05, 0) is 68.4 Å². The van der Waals surface area contributed by atoms with Gasteiger partial charge in [0.2, 0.25) is 11.8 Å². The Kier molecular flexibility index (Phi) is 9.39. The van der Waals surface area contributed by atoms with E-state index in [0.717, 1.165) is 54.5 Å². The summed E-state index contributed by atoms with van der Waals surface area (Å²) in [5.41, 5.74) is 4.51. The Balaban J connectivity index is 1.41. The van der Waals surface area contributed by atoms with Gasteiger partial charge >= 0.3 is 0 Å². The second kappa shape index (κ2) is 13.5. The van der Waals surface area contributed by atoms with Crippen LogP contribution in [0, 0.1) is 6.92 Å². The maximum atomic E-state index is 13.7. The van der Waals surface area contributed by atoms with Crippen LogP contribution in [0.3, 0.4) is 0 Å². The largest absolute Gasteiger partial charge is 0.332 e. The molecule has 4 aromatic rings. The standard InChI is InChI=1S/C34H38N6O3/c1-23(41)33-28-19-26(27-20-35-24(2)36-21-27)17-18-30(28)40(38-33)22-32(42)39(3)31-16-10-8-6-4-5-7-9-13-25-14-11-12-15-29(25)37-34(31)43/h8,10-12,14-15,17-21,31H,4-7,9,13,16,22H2,1-3H3,(H,37,43)/b10-8+/t31-/m0/s1. The quantitative estimate of drug-likeness (QED) is 0.232. The lowest BCUT2D eigenvalue weighted by atomic mass is 10.0. The summed E-state index contributed by atoms with van der Waals surface area (Å²) in [7, 11) is 1.66. The first-order chi connectivity index (χ1) is 20.8. The van der Waals surface area contributed by atoms with E-state index >= 15 is 0 Å². The number of nitrogens with zero attached hydrogens (tertiary/aromatic N) is 5. The summed E-state index contributed by atoms with van der Waals surface area (Å²) in [6, 6.07) is 12.8. The lowest BCUT2D eigenvalue weighted by Crippen LogP contribution is -2.46. The number of ketones is 1. The lowest BCUT2D eigenvalue weighted by molar-refractivity contribution is -0.137. The number of hydrogen-bond donors (Lipinski definition) is 1. The summed E-state index contributed by atoms with van der Waals surface area (Å²) in [6.45, 7) is 3.17. The Morgan fingerprint density at radius 3 is 2.56 bits per heavy atom. The van der Waals surface area contributed by atoms with Crippen molar-refractivity contribution in [3.63, 3.8) is 0 Å². The van der Waals surface area contributed by atoms with Crippen molar-refractivity contribution in [1.82, 2.24) is 24.6 Å². The van der Waals surface area contributed by atoms with Crippen LogP contribution >= 0.6 is 0 Å². The van der Waals surface area contributed by atoms with Gasteiger partial charge in [-0.1, -0.05) is 49.3 Å². The summed E-state index contributed by atoms with van der Waals surface area (Å²) in [5, 5.41) is 8.27. The van der Waals surface area contributed by atoms with Gasteiger partial charge in [0.25, 0.3) is 0 Å². The van der Waals surface area contributed by atoms with E-state index in [1.54, 1.807) is 24.1 Å². The number of para-hydroxylation sites is 1. The normalized spacial score (nSPS) is 17.0. The summed E-state index contributed by atoms with van der Waals surface area (Å²) in [4.78, 5) is 49.9. The Morgan fingerprint density at radius 2 is 1.77 bits per heavy atom. The molecule has 0 bridgehead atoms. The number of Topliss-reactive ketones (excluding diaryl/α,β-unsaturated/α-hetero) is 1. The van der Waals surface area contributed by atoms with Gasteiger partial charge in [0.1, 0.15) is 24.1 Å². The molecule has 2 aromatic heterocycles. The zero-order valence-corrected chi connectivity index (χ0v) is 25.0. The second-order valence-electron chi connectivity index (χ2n) is 11.1. The Morgan fingerprint density at radius 1 is 1.00 bits per heavy atom. The van der Waals surface area contributed by atoms with E-state index in [1.165, 1.54) is 18.2 Å². The van der Waals surface area contributed by atoms with Crippen LogP contribution in [0.4, 0.5) is 5.69 Å². The van der Waals surface area contributed by atoms with E-state index in [-0.39, 0.29) is 29.8 Å². The van der Waals surface area contributed by atoms with Crippen LogP contribution in [0.15, 0.2) is 67.0 Å². The van der Waals surface area contributed by atoms with Gasteiger partial charge in [-0.25, -0.2) is 9.97 Å². The van der Waals surface area contributed by atoms with Crippen LogP contribution in [-0.4, -0.2) is 55.3 Å². The van der Waals surface area contributed by atoms with Crippen LogP contribution in [0.2, 0.25) is 0 Å². The maximum absolute atomic E-state index is 13.7. The molecule has 0 saturated carbocycles. The third-order valence-electron chi connectivity index (χ3n) is 8.01. The molecular weight excluding hydrogens is 540 g/mol. The highest BCUT2D eigenvalue weighted by molar-refractivity contribution is 6.06. The highest BCUT2D eigenvalue weighted by Gasteiger charge is 2.28. The topological polar surface area (TPSA) is 110 Å². The van der Waals surface area contributed by atoms with Crippen molar-refractivity contribution in [2.75, 3.05) is 12.4 Å². The predicted molar refractivity (Wildman–Crippen MR) is 168 cm³/mol. The Bertz CT molecular complexity index is 1660. The fourth-order valence-electron chi connectivity index (χ4n) is 5.49. The first-order valence-electron chi connectivity index (χ1n) is 14.9.